The Morgan fingerprint density at radius 1 is 1.04 bits per heavy atom. The van der Waals surface area contributed by atoms with E-state index in [2.05, 4.69) is 9.97 Å². The predicted molar refractivity (Wildman–Crippen MR) is 81.6 cm³/mol. The second-order valence-electron chi connectivity index (χ2n) is 6.26. The van der Waals surface area contributed by atoms with Gasteiger partial charge in [-0.2, -0.15) is 9.97 Å². The highest BCUT2D eigenvalue weighted by molar-refractivity contribution is 5.19. The van der Waals surface area contributed by atoms with Crippen molar-refractivity contribution in [1.29, 1.82) is 0 Å². The number of rotatable bonds is 4. The van der Waals surface area contributed by atoms with Gasteiger partial charge in [0.15, 0.2) is 12.1 Å². The minimum atomic E-state index is -2.83. The Labute approximate surface area is 150 Å². The monoisotopic (exact) mass is 392 g/mol. The van der Waals surface area contributed by atoms with Crippen LogP contribution in [0.15, 0.2) is 4.79 Å². The summed E-state index contributed by atoms with van der Waals surface area (Å²) in [7, 11) is 0. The number of hydrogen-bond donors (Lipinski definition) is 8. The molecule has 152 valence electrons. The van der Waals surface area contributed by atoms with E-state index in [-0.39, 0.29) is 0 Å². The zero-order valence-corrected chi connectivity index (χ0v) is 13.7. The second-order valence-corrected chi connectivity index (χ2v) is 6.26. The number of aliphatic hydroxyl groups excluding tert-OH is 6. The van der Waals surface area contributed by atoms with Crippen LogP contribution in [-0.4, -0.2) is 100 Å². The van der Waals surface area contributed by atoms with E-state index in [4.69, 9.17) is 15.2 Å². The largest absolute Gasteiger partial charge is 0.394 e. The maximum atomic E-state index is 12.4. The van der Waals surface area contributed by atoms with Gasteiger partial charge in [0.05, 0.1) is 13.2 Å². The molecule has 0 aromatic carbocycles. The van der Waals surface area contributed by atoms with E-state index in [1.165, 1.54) is 0 Å². The first-order chi connectivity index (χ1) is 12.7. The zero-order chi connectivity index (χ0) is 20.1. The van der Waals surface area contributed by atoms with Crippen LogP contribution in [0.3, 0.4) is 0 Å². The molecule has 2 aliphatic rings. The van der Waals surface area contributed by atoms with Crippen LogP contribution >= 0.6 is 0 Å². The molecular formula is C13H20N4O10. The maximum absolute atomic E-state index is 12.4. The Kier molecular flexibility index (Phi) is 5.19. The molecule has 14 heteroatoms. The molecule has 0 bridgehead atoms. The lowest BCUT2D eigenvalue weighted by Crippen LogP contribution is -2.48. The highest BCUT2D eigenvalue weighted by atomic mass is 16.7. The molecule has 3 rings (SSSR count). The van der Waals surface area contributed by atoms with Crippen molar-refractivity contribution in [2.24, 2.45) is 0 Å². The van der Waals surface area contributed by atoms with Crippen LogP contribution in [0.25, 0.3) is 0 Å². The molecular weight excluding hydrogens is 372 g/mol. The van der Waals surface area contributed by atoms with Crippen LogP contribution in [-0.2, 0) is 15.3 Å². The lowest BCUT2D eigenvalue weighted by Gasteiger charge is -2.30. The first-order valence-corrected chi connectivity index (χ1v) is 7.91. The average Bonchev–Trinajstić information content (AvgIpc) is 3.04. The fourth-order valence-electron chi connectivity index (χ4n) is 3.14. The van der Waals surface area contributed by atoms with E-state index in [1.54, 1.807) is 0 Å². The molecule has 0 radical (unpaired) electrons. The van der Waals surface area contributed by atoms with Gasteiger partial charge < -0.3 is 51.0 Å². The first kappa shape index (κ1) is 20.0. The topological polar surface area (TPSA) is 234 Å². The summed E-state index contributed by atoms with van der Waals surface area (Å²) in [6, 6.07) is 0. The van der Waals surface area contributed by atoms with E-state index in [9.17, 15) is 40.5 Å². The van der Waals surface area contributed by atoms with Gasteiger partial charge in [-0.25, -0.2) is 9.36 Å². The van der Waals surface area contributed by atoms with E-state index in [1.807, 2.05) is 0 Å². The summed E-state index contributed by atoms with van der Waals surface area (Å²) in [4.78, 5) is 19.4. The molecule has 2 unspecified atom stereocenters. The van der Waals surface area contributed by atoms with E-state index < -0.39 is 79.3 Å². The molecule has 9 N–H and O–H groups in total. The van der Waals surface area contributed by atoms with E-state index in [0.717, 1.165) is 0 Å². The highest BCUT2D eigenvalue weighted by Gasteiger charge is 2.58. The van der Waals surface area contributed by atoms with Crippen LogP contribution in [0.1, 0.15) is 12.1 Å². The number of anilines is 1. The van der Waals surface area contributed by atoms with Crippen LogP contribution in [0, 0.1) is 0 Å². The minimum Gasteiger partial charge on any atom is -0.394 e. The third kappa shape index (κ3) is 3.00. The number of nitrogens with two attached hydrogens (primary N) is 1. The molecule has 3 heterocycles. The third-order valence-corrected chi connectivity index (χ3v) is 4.57. The second kappa shape index (κ2) is 7.01. The van der Waals surface area contributed by atoms with Crippen molar-refractivity contribution in [3.63, 3.8) is 0 Å². The maximum Gasteiger partial charge on any atom is 0.354 e. The number of aliphatic hydroxyl groups is 7. The molecule has 14 nitrogen and oxygen atoms in total. The Hall–Kier alpha value is -1.75. The summed E-state index contributed by atoms with van der Waals surface area (Å²) in [5.74, 6) is -4.23. The summed E-state index contributed by atoms with van der Waals surface area (Å²) in [6.45, 7) is -1.47. The lowest BCUT2D eigenvalue weighted by atomic mass is 10.0. The summed E-state index contributed by atoms with van der Waals surface area (Å²) >= 11 is 0. The van der Waals surface area contributed by atoms with Crippen molar-refractivity contribution in [2.45, 2.75) is 48.6 Å². The molecule has 0 amide bonds. The number of ether oxygens (including phenoxy) is 2. The van der Waals surface area contributed by atoms with Crippen molar-refractivity contribution in [3.8, 4) is 0 Å². The Morgan fingerprint density at radius 3 is 2.19 bits per heavy atom. The van der Waals surface area contributed by atoms with Crippen molar-refractivity contribution >= 4 is 5.95 Å². The smallest absolute Gasteiger partial charge is 0.354 e. The van der Waals surface area contributed by atoms with Crippen molar-refractivity contribution < 1.29 is 45.2 Å². The molecule has 0 spiro atoms. The highest BCUT2D eigenvalue weighted by Crippen LogP contribution is 2.39. The molecule has 27 heavy (non-hydrogen) atoms. The first-order valence-electron chi connectivity index (χ1n) is 7.91. The molecule has 0 saturated carbocycles. The standard InChI is InChI=1S/C13H20N4O10/c14-11-15-10(13(25)8(23)6(21)4(2-19)27-13)17(12(24)16-11)9-7(22)5(20)3(1-18)26-9/h3-9,18-23,25H,1-2H2,(H2,14,16,24)/t3-,4-,5?,6-,7-,8+,9?,13-/m1/s1. The summed E-state index contributed by atoms with van der Waals surface area (Å²) < 4.78 is 10.8. The van der Waals surface area contributed by atoms with Crippen molar-refractivity contribution in [1.82, 2.24) is 14.5 Å². The van der Waals surface area contributed by atoms with Gasteiger partial charge in [-0.15, -0.1) is 0 Å². The fraction of sp³-hybridized carbons (Fsp3) is 0.769. The van der Waals surface area contributed by atoms with Crippen LogP contribution < -0.4 is 11.4 Å². The van der Waals surface area contributed by atoms with Gasteiger partial charge in [0, 0.05) is 0 Å². The van der Waals surface area contributed by atoms with Gasteiger partial charge in [0.25, 0.3) is 5.79 Å². The predicted octanol–water partition coefficient (Wildman–Crippen LogP) is -5.91. The number of aromatic nitrogens is 3. The summed E-state index contributed by atoms with van der Waals surface area (Å²) in [5.41, 5.74) is 4.25. The van der Waals surface area contributed by atoms with Gasteiger partial charge >= 0.3 is 5.69 Å². The summed E-state index contributed by atoms with van der Waals surface area (Å²) in [5, 5.41) is 69.3. The molecule has 8 atom stereocenters. The minimum absolute atomic E-state index is 0.482. The van der Waals surface area contributed by atoms with Gasteiger partial charge in [-0.1, -0.05) is 0 Å². The molecule has 2 fully saturated rings. The van der Waals surface area contributed by atoms with Gasteiger partial charge in [0.1, 0.15) is 36.6 Å². The molecule has 2 aliphatic heterocycles. The van der Waals surface area contributed by atoms with Gasteiger partial charge in [0.2, 0.25) is 5.95 Å². The Balaban J connectivity index is 2.14. The number of nitrogens with zero attached hydrogens (tertiary/aromatic N) is 3. The SMILES string of the molecule is Nc1nc([C@]2(O)O[C@H](CO)[C@@H](O)[C@@H]2O)n(C2O[C@H](CO)C(O)[C@H]2O)c(=O)n1. The van der Waals surface area contributed by atoms with E-state index in [0.29, 0.717) is 4.57 Å². The lowest BCUT2D eigenvalue weighted by molar-refractivity contribution is -0.249. The quantitative estimate of drug-likeness (QED) is 0.239. The van der Waals surface area contributed by atoms with E-state index >= 15 is 0 Å². The normalized spacial score (nSPS) is 42.0. The zero-order valence-electron chi connectivity index (χ0n) is 13.7. The third-order valence-electron chi connectivity index (χ3n) is 4.57. The van der Waals surface area contributed by atoms with Crippen LogP contribution in [0.2, 0.25) is 0 Å². The van der Waals surface area contributed by atoms with Gasteiger partial charge in [-0.3, -0.25) is 0 Å². The number of hydrogen-bond acceptors (Lipinski definition) is 13. The molecule has 2 saturated heterocycles. The average molecular weight is 392 g/mol. The van der Waals surface area contributed by atoms with Gasteiger partial charge in [-0.05, 0) is 0 Å². The number of nitrogen functional groups attached to an aromatic ring is 1. The fourth-order valence-corrected chi connectivity index (χ4v) is 3.14. The molecule has 1 aromatic rings. The Bertz CT molecular complexity index is 761. The summed E-state index contributed by atoms with van der Waals surface area (Å²) in [6.07, 6.45) is -11.5. The van der Waals surface area contributed by atoms with Crippen LogP contribution in [0.5, 0.6) is 0 Å². The van der Waals surface area contributed by atoms with Crippen molar-refractivity contribution in [3.05, 3.63) is 16.3 Å². The molecule has 1 aromatic heterocycles. The van der Waals surface area contributed by atoms with Crippen molar-refractivity contribution in [2.75, 3.05) is 18.9 Å². The van der Waals surface area contributed by atoms with Crippen LogP contribution in [0.4, 0.5) is 5.95 Å². The Morgan fingerprint density at radius 2 is 1.67 bits per heavy atom. The molecule has 0 aliphatic carbocycles.